The molecule has 0 saturated carbocycles. The third kappa shape index (κ3) is 3.92. The minimum absolute atomic E-state index is 0. The molecule has 0 aliphatic rings. The number of carbonyl (C=O) groups is 1. The van der Waals surface area contributed by atoms with Crippen LogP contribution < -0.4 is 5.56 Å². The van der Waals surface area contributed by atoms with Gasteiger partial charge in [0.2, 0.25) is 5.90 Å². The summed E-state index contributed by atoms with van der Waals surface area (Å²) in [4.78, 5) is 28.4. The van der Waals surface area contributed by atoms with E-state index >= 15 is 0 Å². The van der Waals surface area contributed by atoms with Gasteiger partial charge < -0.3 is 18.9 Å². The van der Waals surface area contributed by atoms with Crippen molar-refractivity contribution in [3.8, 4) is 11.1 Å². The lowest BCUT2D eigenvalue weighted by atomic mass is 9.98. The smallest absolute Gasteiger partial charge is 0.344 e. The number of benzene rings is 2. The molecule has 2 aromatic carbocycles. The number of rotatable bonds is 5. The average molecular weight is 441 g/mol. The van der Waals surface area contributed by atoms with E-state index in [0.29, 0.717) is 40.0 Å². The maximum Gasteiger partial charge on any atom is 0.344 e. The highest BCUT2D eigenvalue weighted by Crippen LogP contribution is 2.36. The average Bonchev–Trinajstić information content (AvgIpc) is 3.11. The molecule has 0 aliphatic heterocycles. The topological polar surface area (TPSA) is 105 Å². The van der Waals surface area contributed by atoms with Crippen molar-refractivity contribution in [3.05, 3.63) is 70.0 Å². The SMILES string of the molecule is CCOC(=N)c1cccc(-c2c(C(=O)OCC)c(=O)[nH]c3c2oc2ccccc23)c1.Cl. The van der Waals surface area contributed by atoms with Gasteiger partial charge >= 0.3 is 5.97 Å². The number of para-hydroxylation sites is 1. The summed E-state index contributed by atoms with van der Waals surface area (Å²) in [6, 6.07) is 14.2. The zero-order valence-corrected chi connectivity index (χ0v) is 17.8. The molecular formula is C23H21ClN2O5. The number of H-pyrrole nitrogens is 1. The first-order valence-electron chi connectivity index (χ1n) is 9.62. The van der Waals surface area contributed by atoms with Gasteiger partial charge in [0.1, 0.15) is 11.1 Å². The Morgan fingerprint density at radius 3 is 2.55 bits per heavy atom. The van der Waals surface area contributed by atoms with Gasteiger partial charge in [0.05, 0.1) is 18.7 Å². The Morgan fingerprint density at radius 2 is 1.81 bits per heavy atom. The predicted molar refractivity (Wildman–Crippen MR) is 121 cm³/mol. The maximum atomic E-state index is 12.9. The Balaban J connectivity index is 0.00000272. The molecule has 0 spiro atoms. The number of aromatic nitrogens is 1. The molecule has 2 aromatic heterocycles. The number of halogens is 1. The molecule has 0 fully saturated rings. The molecule has 0 unspecified atom stereocenters. The number of pyridine rings is 1. The van der Waals surface area contributed by atoms with Crippen molar-refractivity contribution < 1.29 is 18.7 Å². The molecule has 31 heavy (non-hydrogen) atoms. The van der Waals surface area contributed by atoms with Crippen molar-refractivity contribution in [2.75, 3.05) is 13.2 Å². The quantitative estimate of drug-likeness (QED) is 0.261. The molecule has 0 bridgehead atoms. The molecular weight excluding hydrogens is 420 g/mol. The van der Waals surface area contributed by atoms with Crippen molar-refractivity contribution in [3.63, 3.8) is 0 Å². The second kappa shape index (κ2) is 9.06. The molecule has 0 saturated heterocycles. The van der Waals surface area contributed by atoms with Gasteiger partial charge in [0.15, 0.2) is 5.58 Å². The summed E-state index contributed by atoms with van der Waals surface area (Å²) < 4.78 is 16.5. The number of nitrogens with one attached hydrogen (secondary N) is 2. The van der Waals surface area contributed by atoms with E-state index in [9.17, 15) is 9.59 Å². The Labute approximate surface area is 183 Å². The van der Waals surface area contributed by atoms with Gasteiger partial charge in [-0.25, -0.2) is 4.79 Å². The second-order valence-electron chi connectivity index (χ2n) is 6.57. The Kier molecular flexibility index (Phi) is 6.46. The second-order valence-corrected chi connectivity index (χ2v) is 6.57. The molecule has 4 rings (SSSR count). The van der Waals surface area contributed by atoms with Gasteiger partial charge in [-0.1, -0.05) is 24.3 Å². The molecule has 0 aliphatic carbocycles. The van der Waals surface area contributed by atoms with E-state index in [-0.39, 0.29) is 30.5 Å². The number of hydrogen-bond acceptors (Lipinski definition) is 6. The minimum Gasteiger partial charge on any atom is -0.478 e. The van der Waals surface area contributed by atoms with Gasteiger partial charge in [-0.2, -0.15) is 0 Å². The van der Waals surface area contributed by atoms with Crippen molar-refractivity contribution in [2.45, 2.75) is 13.8 Å². The molecule has 160 valence electrons. The lowest BCUT2D eigenvalue weighted by molar-refractivity contribution is 0.0525. The number of esters is 1. The van der Waals surface area contributed by atoms with E-state index in [1.807, 2.05) is 18.2 Å². The fourth-order valence-corrected chi connectivity index (χ4v) is 3.47. The largest absolute Gasteiger partial charge is 0.478 e. The standard InChI is InChI=1S/C23H20N2O5.ClH/c1-3-28-21(24)14-9-7-8-13(12-14)17-18(23(27)29-4-2)22(26)25-19-15-10-5-6-11-16(15)30-20(17)19;/h5-12,24H,3-4H2,1-2H3,(H,25,26);1H. The van der Waals surface area contributed by atoms with E-state index in [2.05, 4.69) is 4.98 Å². The highest BCUT2D eigenvalue weighted by molar-refractivity contribution is 6.12. The summed E-state index contributed by atoms with van der Waals surface area (Å²) in [5, 5.41) is 8.82. The van der Waals surface area contributed by atoms with E-state index in [1.54, 1.807) is 44.2 Å². The van der Waals surface area contributed by atoms with Gasteiger partial charge in [-0.15, -0.1) is 12.4 Å². The lowest BCUT2D eigenvalue weighted by Crippen LogP contribution is -2.21. The maximum absolute atomic E-state index is 12.9. The number of aromatic amines is 1. The van der Waals surface area contributed by atoms with E-state index < -0.39 is 11.5 Å². The van der Waals surface area contributed by atoms with Gasteiger partial charge in [0.25, 0.3) is 5.56 Å². The third-order valence-electron chi connectivity index (χ3n) is 4.72. The molecule has 0 amide bonds. The van der Waals surface area contributed by atoms with E-state index in [4.69, 9.17) is 19.3 Å². The van der Waals surface area contributed by atoms with E-state index in [1.165, 1.54) is 0 Å². The highest BCUT2D eigenvalue weighted by Gasteiger charge is 2.25. The van der Waals surface area contributed by atoms with Crippen molar-refractivity contribution >= 4 is 46.3 Å². The van der Waals surface area contributed by atoms with Gasteiger partial charge in [0, 0.05) is 16.5 Å². The number of fused-ring (bicyclic) bond motifs is 3. The van der Waals surface area contributed by atoms with Gasteiger partial charge in [-0.05, 0) is 43.7 Å². The predicted octanol–water partition coefficient (Wildman–Crippen LogP) is 4.90. The van der Waals surface area contributed by atoms with Crippen LogP contribution in [-0.4, -0.2) is 30.1 Å². The fraction of sp³-hybridized carbons (Fsp3) is 0.174. The molecule has 8 heteroatoms. The monoisotopic (exact) mass is 440 g/mol. The first-order valence-corrected chi connectivity index (χ1v) is 9.62. The van der Waals surface area contributed by atoms with Crippen molar-refractivity contribution in [1.82, 2.24) is 4.98 Å². The third-order valence-corrected chi connectivity index (χ3v) is 4.72. The molecule has 7 nitrogen and oxygen atoms in total. The van der Waals surface area contributed by atoms with E-state index in [0.717, 1.165) is 5.39 Å². The first kappa shape index (κ1) is 22.1. The Hall–Kier alpha value is -3.58. The summed E-state index contributed by atoms with van der Waals surface area (Å²) >= 11 is 0. The summed E-state index contributed by atoms with van der Waals surface area (Å²) in [6.45, 7) is 3.96. The number of carbonyl (C=O) groups excluding carboxylic acids is 1. The number of hydrogen-bond donors (Lipinski definition) is 2. The summed E-state index contributed by atoms with van der Waals surface area (Å²) in [5.74, 6) is -0.732. The summed E-state index contributed by atoms with van der Waals surface area (Å²) in [6.07, 6.45) is 0. The van der Waals surface area contributed by atoms with Crippen LogP contribution in [0.5, 0.6) is 0 Å². The molecule has 0 atom stereocenters. The molecule has 2 heterocycles. The minimum atomic E-state index is -0.735. The molecule has 0 radical (unpaired) electrons. The molecule has 4 aromatic rings. The van der Waals surface area contributed by atoms with Crippen LogP contribution in [0, 0.1) is 5.41 Å². The molecule has 2 N–H and O–H groups in total. The Bertz CT molecular complexity index is 1340. The van der Waals surface area contributed by atoms with Crippen LogP contribution in [0.2, 0.25) is 0 Å². The van der Waals surface area contributed by atoms with Crippen LogP contribution >= 0.6 is 12.4 Å². The first-order chi connectivity index (χ1) is 14.5. The number of ether oxygens (including phenoxy) is 2. The van der Waals surface area contributed by atoms with Crippen LogP contribution in [0.1, 0.15) is 29.8 Å². The van der Waals surface area contributed by atoms with Crippen LogP contribution in [-0.2, 0) is 9.47 Å². The van der Waals surface area contributed by atoms with Crippen LogP contribution in [0.25, 0.3) is 33.2 Å². The van der Waals surface area contributed by atoms with Crippen LogP contribution in [0.4, 0.5) is 0 Å². The fourth-order valence-electron chi connectivity index (χ4n) is 3.47. The summed E-state index contributed by atoms with van der Waals surface area (Å²) in [7, 11) is 0. The Morgan fingerprint density at radius 1 is 1.06 bits per heavy atom. The van der Waals surface area contributed by atoms with Gasteiger partial charge in [-0.3, -0.25) is 10.2 Å². The van der Waals surface area contributed by atoms with Crippen LogP contribution in [0.15, 0.2) is 57.7 Å². The zero-order valence-electron chi connectivity index (χ0n) is 17.0. The van der Waals surface area contributed by atoms with Crippen molar-refractivity contribution in [1.29, 1.82) is 5.41 Å². The highest BCUT2D eigenvalue weighted by atomic mass is 35.5. The normalized spacial score (nSPS) is 10.6. The van der Waals surface area contributed by atoms with Crippen molar-refractivity contribution in [2.24, 2.45) is 0 Å². The van der Waals surface area contributed by atoms with Crippen LogP contribution in [0.3, 0.4) is 0 Å². The lowest BCUT2D eigenvalue weighted by Gasteiger charge is -2.11. The number of furan rings is 1. The summed E-state index contributed by atoms with van der Waals surface area (Å²) in [5.41, 5.74) is 2.17. The zero-order chi connectivity index (χ0) is 21.3.